The standard InChI is InChI=1S/C10H12ClNO5S2/c11-19(14,15)9-2-1-7(18-9)5-12-10(13)8-6-16-3-4-17-8/h1-2,8H,3-6H2,(H,12,13). The number of hydrogen-bond donors (Lipinski definition) is 1. The number of hydrogen-bond acceptors (Lipinski definition) is 6. The Morgan fingerprint density at radius 3 is 2.84 bits per heavy atom. The zero-order chi connectivity index (χ0) is 13.9. The predicted octanol–water partition coefficient (Wildman–Crippen LogP) is 0.707. The molecule has 1 atom stereocenters. The Balaban J connectivity index is 1.88. The summed E-state index contributed by atoms with van der Waals surface area (Å²) in [6, 6.07) is 3.02. The first kappa shape index (κ1) is 14.7. The predicted molar refractivity (Wildman–Crippen MR) is 69.8 cm³/mol. The fourth-order valence-electron chi connectivity index (χ4n) is 1.51. The van der Waals surface area contributed by atoms with Crippen molar-refractivity contribution >= 4 is 37.0 Å². The Kier molecular flexibility index (Phi) is 4.80. The third kappa shape index (κ3) is 4.15. The van der Waals surface area contributed by atoms with E-state index >= 15 is 0 Å². The average Bonchev–Trinajstić information content (AvgIpc) is 2.86. The molecule has 0 radical (unpaired) electrons. The minimum Gasteiger partial charge on any atom is -0.376 e. The summed E-state index contributed by atoms with van der Waals surface area (Å²) in [6.07, 6.45) is -0.607. The molecule has 106 valence electrons. The first-order valence-corrected chi connectivity index (χ1v) is 8.60. The van der Waals surface area contributed by atoms with Crippen LogP contribution in [0.25, 0.3) is 0 Å². The minimum atomic E-state index is -3.71. The van der Waals surface area contributed by atoms with E-state index in [0.717, 1.165) is 11.3 Å². The molecule has 0 bridgehead atoms. The number of rotatable bonds is 4. The SMILES string of the molecule is O=C(NCc1ccc(S(=O)(=O)Cl)s1)C1COCCO1. The van der Waals surface area contributed by atoms with E-state index in [-0.39, 0.29) is 23.3 Å². The first-order valence-electron chi connectivity index (χ1n) is 5.47. The maximum Gasteiger partial charge on any atom is 0.270 e. The fraction of sp³-hybridized carbons (Fsp3) is 0.500. The van der Waals surface area contributed by atoms with Crippen LogP contribution < -0.4 is 5.32 Å². The van der Waals surface area contributed by atoms with Crippen molar-refractivity contribution in [2.45, 2.75) is 16.9 Å². The molecule has 1 N–H and O–H groups in total. The second-order valence-corrected chi connectivity index (χ2v) is 7.77. The van der Waals surface area contributed by atoms with Crippen LogP contribution >= 0.6 is 22.0 Å². The van der Waals surface area contributed by atoms with Crippen LogP contribution in [0.1, 0.15) is 4.88 Å². The quantitative estimate of drug-likeness (QED) is 0.824. The Morgan fingerprint density at radius 2 is 2.26 bits per heavy atom. The lowest BCUT2D eigenvalue weighted by Crippen LogP contribution is -2.42. The highest BCUT2D eigenvalue weighted by atomic mass is 35.7. The molecule has 1 unspecified atom stereocenters. The zero-order valence-electron chi connectivity index (χ0n) is 9.80. The summed E-state index contributed by atoms with van der Waals surface area (Å²) in [5.74, 6) is -0.275. The molecule has 1 fully saturated rings. The van der Waals surface area contributed by atoms with E-state index < -0.39 is 15.2 Å². The highest BCUT2D eigenvalue weighted by molar-refractivity contribution is 8.15. The molecule has 0 aromatic carbocycles. The Labute approximate surface area is 119 Å². The Hall–Kier alpha value is -0.670. The minimum absolute atomic E-state index is 0.0654. The maximum absolute atomic E-state index is 11.7. The van der Waals surface area contributed by atoms with Gasteiger partial charge in [-0.1, -0.05) is 0 Å². The van der Waals surface area contributed by atoms with Gasteiger partial charge in [-0.15, -0.1) is 11.3 Å². The van der Waals surface area contributed by atoms with E-state index in [4.69, 9.17) is 20.2 Å². The maximum atomic E-state index is 11.7. The highest BCUT2D eigenvalue weighted by Crippen LogP contribution is 2.24. The van der Waals surface area contributed by atoms with Crippen LogP contribution in [-0.2, 0) is 29.9 Å². The van der Waals surface area contributed by atoms with Gasteiger partial charge in [0, 0.05) is 15.6 Å². The summed E-state index contributed by atoms with van der Waals surface area (Å²) in [5, 5.41) is 2.66. The molecule has 1 aromatic heterocycles. The molecule has 2 rings (SSSR count). The first-order chi connectivity index (χ1) is 8.97. The molecule has 2 heterocycles. The molecule has 0 aliphatic carbocycles. The summed E-state index contributed by atoms with van der Waals surface area (Å²) in [5.41, 5.74) is 0. The molecule has 9 heteroatoms. The lowest BCUT2D eigenvalue weighted by molar-refractivity contribution is -0.147. The van der Waals surface area contributed by atoms with Crippen LogP contribution in [0.3, 0.4) is 0 Å². The number of ether oxygens (including phenoxy) is 2. The molecule has 19 heavy (non-hydrogen) atoms. The smallest absolute Gasteiger partial charge is 0.270 e. The number of halogens is 1. The van der Waals surface area contributed by atoms with Gasteiger partial charge in [-0.3, -0.25) is 4.79 Å². The monoisotopic (exact) mass is 325 g/mol. The van der Waals surface area contributed by atoms with Crippen molar-refractivity contribution in [3.05, 3.63) is 17.0 Å². The lowest BCUT2D eigenvalue weighted by atomic mass is 10.3. The van der Waals surface area contributed by atoms with Crippen LogP contribution in [0.15, 0.2) is 16.3 Å². The average molecular weight is 326 g/mol. The van der Waals surface area contributed by atoms with E-state index in [0.29, 0.717) is 18.1 Å². The van der Waals surface area contributed by atoms with Gasteiger partial charge in [0.2, 0.25) is 0 Å². The normalized spacial score (nSPS) is 20.2. The van der Waals surface area contributed by atoms with Crippen LogP contribution in [0.4, 0.5) is 0 Å². The van der Waals surface area contributed by atoms with Crippen molar-refractivity contribution in [3.63, 3.8) is 0 Å². The molecule has 1 saturated heterocycles. The van der Waals surface area contributed by atoms with Gasteiger partial charge in [-0.25, -0.2) is 8.42 Å². The summed E-state index contributed by atoms with van der Waals surface area (Å²) < 4.78 is 32.6. The third-order valence-electron chi connectivity index (χ3n) is 2.42. The molecule has 6 nitrogen and oxygen atoms in total. The summed E-state index contributed by atoms with van der Waals surface area (Å²) in [6.45, 7) is 1.35. The van der Waals surface area contributed by atoms with Gasteiger partial charge in [-0.2, -0.15) is 0 Å². The van der Waals surface area contributed by atoms with Crippen LogP contribution in [0, 0.1) is 0 Å². The van der Waals surface area contributed by atoms with Crippen molar-refractivity contribution in [3.8, 4) is 0 Å². The fourth-order valence-corrected chi connectivity index (χ4v) is 3.57. The van der Waals surface area contributed by atoms with E-state index in [2.05, 4.69) is 5.32 Å². The topological polar surface area (TPSA) is 81.7 Å². The lowest BCUT2D eigenvalue weighted by Gasteiger charge is -2.21. The number of thiophene rings is 1. The number of carbonyl (C=O) groups is 1. The van der Waals surface area contributed by atoms with Crippen molar-refractivity contribution in [2.24, 2.45) is 0 Å². The molecule has 1 aliphatic rings. The van der Waals surface area contributed by atoms with E-state index in [1.54, 1.807) is 6.07 Å². The Bertz CT molecular complexity index is 550. The van der Waals surface area contributed by atoms with Crippen molar-refractivity contribution in [2.75, 3.05) is 19.8 Å². The van der Waals surface area contributed by atoms with Crippen molar-refractivity contribution in [1.82, 2.24) is 5.32 Å². The van der Waals surface area contributed by atoms with Gasteiger partial charge in [0.15, 0.2) is 6.10 Å². The van der Waals surface area contributed by atoms with Gasteiger partial charge in [-0.05, 0) is 12.1 Å². The largest absolute Gasteiger partial charge is 0.376 e. The van der Waals surface area contributed by atoms with E-state index in [1.165, 1.54) is 6.07 Å². The van der Waals surface area contributed by atoms with Crippen molar-refractivity contribution < 1.29 is 22.7 Å². The third-order valence-corrected chi connectivity index (χ3v) is 5.60. The molecule has 0 saturated carbocycles. The summed E-state index contributed by atoms with van der Waals surface area (Å²) >= 11 is 1.02. The number of nitrogens with one attached hydrogen (secondary N) is 1. The van der Waals surface area contributed by atoms with Gasteiger partial charge < -0.3 is 14.8 Å². The molecule has 1 aromatic rings. The van der Waals surface area contributed by atoms with Crippen molar-refractivity contribution in [1.29, 1.82) is 0 Å². The van der Waals surface area contributed by atoms with Gasteiger partial charge in [0.1, 0.15) is 4.21 Å². The second-order valence-electron chi connectivity index (χ2n) is 3.81. The molecular formula is C10H12ClNO5S2. The van der Waals surface area contributed by atoms with Gasteiger partial charge >= 0.3 is 0 Å². The van der Waals surface area contributed by atoms with Gasteiger partial charge in [0.05, 0.1) is 26.4 Å². The highest BCUT2D eigenvalue weighted by Gasteiger charge is 2.22. The van der Waals surface area contributed by atoms with Crippen LogP contribution in [-0.4, -0.2) is 40.2 Å². The summed E-state index contributed by atoms with van der Waals surface area (Å²) in [7, 11) is 1.51. The number of amides is 1. The zero-order valence-corrected chi connectivity index (χ0v) is 12.2. The van der Waals surface area contributed by atoms with Crippen LogP contribution in [0.5, 0.6) is 0 Å². The summed E-state index contributed by atoms with van der Waals surface area (Å²) in [4.78, 5) is 12.4. The Morgan fingerprint density at radius 1 is 1.47 bits per heavy atom. The van der Waals surface area contributed by atoms with E-state index in [9.17, 15) is 13.2 Å². The molecule has 1 amide bonds. The molecular weight excluding hydrogens is 314 g/mol. The van der Waals surface area contributed by atoms with E-state index in [1.807, 2.05) is 0 Å². The molecule has 1 aliphatic heterocycles. The second kappa shape index (κ2) is 6.19. The molecule has 0 spiro atoms. The van der Waals surface area contributed by atoms with Crippen LogP contribution in [0.2, 0.25) is 0 Å². The number of carbonyl (C=O) groups excluding carboxylic acids is 1. The van der Waals surface area contributed by atoms with Gasteiger partial charge in [0.25, 0.3) is 15.0 Å².